The fourth-order valence-electron chi connectivity index (χ4n) is 5.58. The van der Waals surface area contributed by atoms with Crippen molar-refractivity contribution < 1.29 is 23.1 Å². The van der Waals surface area contributed by atoms with E-state index in [1.165, 1.54) is 5.56 Å². The van der Waals surface area contributed by atoms with Crippen molar-refractivity contribution >= 4 is 21.7 Å². The molecule has 2 atom stereocenters. The van der Waals surface area contributed by atoms with Gasteiger partial charge in [-0.1, -0.05) is 25.5 Å². The Balaban J connectivity index is 1.25. The number of hydrogen-bond acceptors (Lipinski definition) is 6. The van der Waals surface area contributed by atoms with Gasteiger partial charge >= 0.3 is 6.03 Å². The van der Waals surface area contributed by atoms with Crippen molar-refractivity contribution in [2.45, 2.75) is 83.0 Å². The Hall–Kier alpha value is -2.82. The van der Waals surface area contributed by atoms with Gasteiger partial charge in [0.05, 0.1) is 12.4 Å². The second-order valence-corrected chi connectivity index (χ2v) is 12.9. The quantitative estimate of drug-likeness (QED) is 0.352. The summed E-state index contributed by atoms with van der Waals surface area (Å²) in [6.07, 6.45) is 8.18. The third kappa shape index (κ3) is 9.38. The first kappa shape index (κ1) is 30.1. The van der Waals surface area contributed by atoms with Gasteiger partial charge in [-0.2, -0.15) is 0 Å². The zero-order chi connectivity index (χ0) is 28.5. The van der Waals surface area contributed by atoms with E-state index in [1.807, 2.05) is 12.1 Å². The Bertz CT molecular complexity index is 1180. The number of hydrogen-bond donors (Lipinski definition) is 3. The summed E-state index contributed by atoms with van der Waals surface area (Å²) >= 11 is 0. The highest BCUT2D eigenvalue weighted by Gasteiger charge is 2.30. The highest BCUT2D eigenvalue weighted by molar-refractivity contribution is 7.92. The highest BCUT2D eigenvalue weighted by atomic mass is 32.2. The normalized spacial score (nSPS) is 20.6. The average molecular weight is 573 g/mol. The molecular weight excluding hydrogens is 528 g/mol. The van der Waals surface area contributed by atoms with Crippen molar-refractivity contribution in [2.75, 3.05) is 30.6 Å². The molecule has 1 aliphatic carbocycles. The summed E-state index contributed by atoms with van der Waals surface area (Å²) in [7, 11) is -3.31. The Morgan fingerprint density at radius 3 is 2.27 bits per heavy atom. The Morgan fingerprint density at radius 2 is 1.68 bits per heavy atom. The number of likely N-dealkylation sites (tertiary alicyclic amines) is 1. The topological polar surface area (TPSA) is 111 Å². The number of piperidine rings is 1. The first-order valence-electron chi connectivity index (χ1n) is 14.5. The number of anilines is 1. The lowest BCUT2D eigenvalue weighted by atomic mass is 9.93. The first-order valence-corrected chi connectivity index (χ1v) is 16.4. The Morgan fingerprint density at radius 1 is 1.02 bits per heavy atom. The molecule has 2 aliphatic rings. The molecule has 2 aromatic carbocycles. The second-order valence-electron chi connectivity index (χ2n) is 11.2. The van der Waals surface area contributed by atoms with E-state index in [0.717, 1.165) is 77.4 Å². The van der Waals surface area contributed by atoms with Crippen LogP contribution in [0.5, 0.6) is 11.5 Å². The third-order valence-corrected chi connectivity index (χ3v) is 8.31. The maximum absolute atomic E-state index is 13.2. The Labute approximate surface area is 238 Å². The van der Waals surface area contributed by atoms with Crippen LogP contribution in [0.15, 0.2) is 48.5 Å². The maximum Gasteiger partial charge on any atom is 0.317 e. The molecule has 0 radical (unpaired) electrons. The van der Waals surface area contributed by atoms with E-state index >= 15 is 0 Å². The minimum atomic E-state index is -3.31. The van der Waals surface area contributed by atoms with Crippen molar-refractivity contribution in [1.82, 2.24) is 15.1 Å². The molecule has 3 N–H and O–H groups in total. The number of carbonyl (C=O) groups is 1. The number of sulfonamides is 1. The smallest absolute Gasteiger partial charge is 0.317 e. The van der Waals surface area contributed by atoms with Gasteiger partial charge in [-0.3, -0.25) is 9.62 Å². The molecular formula is C30H44N4O5S. The fraction of sp³-hybridized carbons (Fsp3) is 0.567. The van der Waals surface area contributed by atoms with Crippen LogP contribution in [0.4, 0.5) is 10.5 Å². The molecule has 1 saturated heterocycles. The van der Waals surface area contributed by atoms with Crippen molar-refractivity contribution in [1.29, 1.82) is 0 Å². The molecule has 2 unspecified atom stereocenters. The second kappa shape index (κ2) is 14.2. The number of nitrogens with zero attached hydrogens (tertiary/aromatic N) is 2. The molecule has 1 heterocycles. The predicted molar refractivity (Wildman–Crippen MR) is 158 cm³/mol. The van der Waals surface area contributed by atoms with E-state index in [-0.39, 0.29) is 24.2 Å². The molecule has 10 heteroatoms. The molecule has 1 aliphatic heterocycles. The van der Waals surface area contributed by atoms with Crippen molar-refractivity contribution in [3.63, 3.8) is 0 Å². The van der Waals surface area contributed by atoms with Gasteiger partial charge in [0.1, 0.15) is 11.5 Å². The lowest BCUT2D eigenvalue weighted by molar-refractivity contribution is 0.0980. The van der Waals surface area contributed by atoms with Gasteiger partial charge in [-0.25, -0.2) is 13.2 Å². The Kier molecular flexibility index (Phi) is 10.7. The maximum atomic E-state index is 13.2. The van der Waals surface area contributed by atoms with Gasteiger partial charge in [0, 0.05) is 44.0 Å². The number of carbonyl (C=O) groups excluding carboxylic acids is 1. The molecule has 9 nitrogen and oxygen atoms in total. The lowest BCUT2D eigenvalue weighted by Crippen LogP contribution is -2.53. The van der Waals surface area contributed by atoms with E-state index < -0.39 is 10.0 Å². The molecule has 1 saturated carbocycles. The number of aliphatic hydroxyl groups is 1. The van der Waals surface area contributed by atoms with Crippen LogP contribution in [0.1, 0.15) is 63.9 Å². The number of benzene rings is 2. The summed E-state index contributed by atoms with van der Waals surface area (Å²) in [6, 6.07) is 15.2. The zero-order valence-electron chi connectivity index (χ0n) is 23.7. The summed E-state index contributed by atoms with van der Waals surface area (Å²) < 4.78 is 31.1. The molecule has 2 amide bonds. The minimum Gasteiger partial charge on any atom is -0.457 e. The van der Waals surface area contributed by atoms with Crippen LogP contribution in [0, 0.1) is 0 Å². The third-order valence-electron chi connectivity index (χ3n) is 7.71. The van der Waals surface area contributed by atoms with E-state index in [2.05, 4.69) is 38.9 Å². The van der Waals surface area contributed by atoms with E-state index in [1.54, 1.807) is 24.3 Å². The molecule has 4 rings (SSSR count). The number of ether oxygens (including phenoxy) is 1. The van der Waals surface area contributed by atoms with Crippen LogP contribution in [0.2, 0.25) is 0 Å². The summed E-state index contributed by atoms with van der Waals surface area (Å²) in [5.74, 6) is 1.35. The summed E-state index contributed by atoms with van der Waals surface area (Å²) in [4.78, 5) is 17.7. The molecule has 0 bridgehead atoms. The highest BCUT2D eigenvalue weighted by Crippen LogP contribution is 2.25. The molecule has 0 aromatic heterocycles. The zero-order valence-corrected chi connectivity index (χ0v) is 24.5. The largest absolute Gasteiger partial charge is 0.457 e. The van der Waals surface area contributed by atoms with E-state index in [0.29, 0.717) is 23.6 Å². The van der Waals surface area contributed by atoms with Crippen LogP contribution >= 0.6 is 0 Å². The van der Waals surface area contributed by atoms with Crippen molar-refractivity contribution in [2.24, 2.45) is 0 Å². The number of amides is 2. The van der Waals surface area contributed by atoms with Crippen LogP contribution in [0.25, 0.3) is 0 Å². The molecule has 2 fully saturated rings. The van der Waals surface area contributed by atoms with E-state index in [9.17, 15) is 18.3 Å². The SMILES string of the molecule is CCCCN(C(=O)NC1CCCC(O)C1)C1CCN(Cc2ccc(Oc3ccc(NS(C)(=O)=O)cc3)cc2)CC1. The molecule has 2 aromatic rings. The predicted octanol–water partition coefficient (Wildman–Crippen LogP) is 4.93. The molecule has 40 heavy (non-hydrogen) atoms. The summed E-state index contributed by atoms with van der Waals surface area (Å²) in [6.45, 7) is 5.66. The monoisotopic (exact) mass is 572 g/mol. The minimum absolute atomic E-state index is 0.0305. The number of aliphatic hydroxyl groups excluding tert-OH is 1. The van der Waals surface area contributed by atoms with Crippen LogP contribution in [-0.4, -0.2) is 73.4 Å². The molecule has 0 spiro atoms. The average Bonchev–Trinajstić information content (AvgIpc) is 2.91. The fourth-order valence-corrected chi connectivity index (χ4v) is 6.15. The van der Waals surface area contributed by atoms with Gasteiger partial charge < -0.3 is 20.1 Å². The van der Waals surface area contributed by atoms with Gasteiger partial charge in [0.25, 0.3) is 0 Å². The van der Waals surface area contributed by atoms with Crippen LogP contribution < -0.4 is 14.8 Å². The lowest BCUT2D eigenvalue weighted by Gasteiger charge is -2.39. The van der Waals surface area contributed by atoms with Gasteiger partial charge in [-0.15, -0.1) is 0 Å². The number of unbranched alkanes of at least 4 members (excludes halogenated alkanes) is 1. The number of rotatable bonds is 11. The standard InChI is InChI=1S/C30H44N4O5S/c1-3-4-18-34(30(36)31-25-6-5-7-27(35)21-25)26-16-19-33(20-17-26)22-23-8-12-28(13-9-23)39-29-14-10-24(11-15-29)32-40(2,37)38/h8-15,25-27,32,35H,3-7,16-22H2,1-2H3,(H,31,36). The summed E-state index contributed by atoms with van der Waals surface area (Å²) in [5.41, 5.74) is 1.70. The van der Waals surface area contributed by atoms with Crippen LogP contribution in [-0.2, 0) is 16.6 Å². The number of urea groups is 1. The van der Waals surface area contributed by atoms with E-state index in [4.69, 9.17) is 4.74 Å². The van der Waals surface area contributed by atoms with Crippen molar-refractivity contribution in [3.05, 3.63) is 54.1 Å². The summed E-state index contributed by atoms with van der Waals surface area (Å²) in [5, 5.41) is 13.2. The number of nitrogens with one attached hydrogen (secondary N) is 2. The van der Waals surface area contributed by atoms with Crippen LogP contribution in [0.3, 0.4) is 0 Å². The van der Waals surface area contributed by atoms with Gasteiger partial charge in [0.15, 0.2) is 0 Å². The van der Waals surface area contributed by atoms with Gasteiger partial charge in [0.2, 0.25) is 10.0 Å². The first-order chi connectivity index (χ1) is 19.2. The van der Waals surface area contributed by atoms with Crippen molar-refractivity contribution in [3.8, 4) is 11.5 Å². The van der Waals surface area contributed by atoms with Gasteiger partial charge in [-0.05, 0) is 86.9 Å². The molecule has 220 valence electrons.